The first-order chi connectivity index (χ1) is 6.81. The molecule has 5 heteroatoms. The molecule has 84 valence electrons. The summed E-state index contributed by atoms with van der Waals surface area (Å²) in [4.78, 5) is 3.92. The van der Waals surface area contributed by atoms with E-state index in [4.69, 9.17) is 4.74 Å². The maximum Gasteiger partial charge on any atom is 0.216 e. The van der Waals surface area contributed by atoms with Crippen molar-refractivity contribution in [3.05, 3.63) is 23.6 Å². The average Bonchev–Trinajstić information content (AvgIpc) is 2.70. The summed E-state index contributed by atoms with van der Waals surface area (Å²) in [5.41, 5.74) is 0.873. The van der Waals surface area contributed by atoms with E-state index < -0.39 is 0 Å². The lowest BCUT2D eigenvalue weighted by molar-refractivity contribution is 0.386. The topological polar surface area (TPSA) is 34.1 Å². The van der Waals surface area contributed by atoms with E-state index in [0.717, 1.165) is 25.1 Å². The van der Waals surface area contributed by atoms with Gasteiger partial charge in [0.1, 0.15) is 5.82 Å². The highest BCUT2D eigenvalue weighted by Gasteiger charge is 2.21. The molecule has 2 heterocycles. The molecule has 1 saturated heterocycles. The smallest absolute Gasteiger partial charge is 0.216 e. The quantitative estimate of drug-likeness (QED) is 0.843. The Balaban J connectivity index is 0.00000112. The van der Waals surface area contributed by atoms with Crippen LogP contribution in [0.4, 0.5) is 4.39 Å². The van der Waals surface area contributed by atoms with Gasteiger partial charge in [0.15, 0.2) is 0 Å². The number of nitrogens with zero attached hydrogens (tertiary/aromatic N) is 1. The number of aromatic nitrogens is 1. The van der Waals surface area contributed by atoms with Gasteiger partial charge < -0.3 is 10.1 Å². The van der Waals surface area contributed by atoms with E-state index in [1.54, 1.807) is 7.11 Å². The molecule has 0 unspecified atom stereocenters. The van der Waals surface area contributed by atoms with Crippen molar-refractivity contribution >= 4 is 12.4 Å². The second-order valence-corrected chi connectivity index (χ2v) is 3.44. The number of hydrogen-bond acceptors (Lipinski definition) is 3. The van der Waals surface area contributed by atoms with Crippen molar-refractivity contribution in [1.82, 2.24) is 10.3 Å². The number of hydrogen-bond donors (Lipinski definition) is 1. The Morgan fingerprint density at radius 3 is 3.00 bits per heavy atom. The summed E-state index contributed by atoms with van der Waals surface area (Å²) in [5.74, 6) is 0.570. The number of nitrogens with one attached hydrogen (secondary N) is 1. The molecule has 0 aliphatic carbocycles. The summed E-state index contributed by atoms with van der Waals surface area (Å²) in [6, 6.07) is 1.52. The normalized spacial score (nSPS) is 19.7. The lowest BCUT2D eigenvalue weighted by Gasteiger charge is -2.12. The predicted octanol–water partition coefficient (Wildman–Crippen LogP) is 1.73. The first-order valence-corrected chi connectivity index (χ1v) is 4.71. The summed E-state index contributed by atoms with van der Waals surface area (Å²) < 4.78 is 18.1. The van der Waals surface area contributed by atoms with E-state index in [1.165, 1.54) is 12.3 Å². The predicted molar refractivity (Wildman–Crippen MR) is 58.2 cm³/mol. The molecule has 0 bridgehead atoms. The van der Waals surface area contributed by atoms with Gasteiger partial charge in [-0.25, -0.2) is 9.37 Å². The zero-order valence-electron chi connectivity index (χ0n) is 8.50. The van der Waals surface area contributed by atoms with E-state index >= 15 is 0 Å². The molecule has 2 rings (SSSR count). The number of rotatable bonds is 2. The standard InChI is InChI=1S/C10H13FN2O.ClH/c1-14-10-9(4-8(11)6-13-10)7-2-3-12-5-7;/h4,6-7,12H,2-3,5H2,1H3;1H/t7-;/m0./s1. The highest BCUT2D eigenvalue weighted by molar-refractivity contribution is 5.85. The molecule has 3 nitrogen and oxygen atoms in total. The van der Waals surface area contributed by atoms with Crippen LogP contribution in [0, 0.1) is 5.82 Å². The van der Waals surface area contributed by atoms with Crippen LogP contribution in [0.15, 0.2) is 12.3 Å². The largest absolute Gasteiger partial charge is 0.481 e. The molecule has 1 aliphatic rings. The van der Waals surface area contributed by atoms with Gasteiger partial charge in [-0.05, 0) is 19.0 Å². The minimum atomic E-state index is -0.298. The second-order valence-electron chi connectivity index (χ2n) is 3.44. The zero-order valence-corrected chi connectivity index (χ0v) is 9.31. The van der Waals surface area contributed by atoms with Crippen molar-refractivity contribution in [3.8, 4) is 5.88 Å². The molecule has 0 saturated carbocycles. The van der Waals surface area contributed by atoms with E-state index in [1.807, 2.05) is 0 Å². The molecule has 1 aromatic rings. The van der Waals surface area contributed by atoms with Crippen molar-refractivity contribution in [2.24, 2.45) is 0 Å². The van der Waals surface area contributed by atoms with Crippen LogP contribution < -0.4 is 10.1 Å². The van der Waals surface area contributed by atoms with Crippen LogP contribution in [0.25, 0.3) is 0 Å². The van der Waals surface area contributed by atoms with Crippen LogP contribution in [0.3, 0.4) is 0 Å². The monoisotopic (exact) mass is 232 g/mol. The summed E-state index contributed by atoms with van der Waals surface area (Å²) >= 11 is 0. The Bertz CT molecular complexity index is 329. The Morgan fingerprint density at radius 2 is 2.40 bits per heavy atom. The van der Waals surface area contributed by atoms with Gasteiger partial charge in [-0.15, -0.1) is 12.4 Å². The van der Waals surface area contributed by atoms with Gasteiger partial charge in [0.05, 0.1) is 13.3 Å². The molecule has 15 heavy (non-hydrogen) atoms. The molecule has 1 N–H and O–H groups in total. The maximum atomic E-state index is 13.0. The first kappa shape index (κ1) is 12.2. The molecular formula is C10H14ClFN2O. The van der Waals surface area contributed by atoms with E-state index in [2.05, 4.69) is 10.3 Å². The molecule has 0 spiro atoms. The van der Waals surface area contributed by atoms with Gasteiger partial charge in [-0.1, -0.05) is 0 Å². The van der Waals surface area contributed by atoms with Crippen LogP contribution in [0.5, 0.6) is 5.88 Å². The van der Waals surface area contributed by atoms with Crippen LogP contribution in [0.2, 0.25) is 0 Å². The Hall–Kier alpha value is -0.870. The SMILES string of the molecule is COc1ncc(F)cc1[C@H]1CCNC1.Cl. The molecular weight excluding hydrogens is 219 g/mol. The van der Waals surface area contributed by atoms with Crippen LogP contribution in [-0.4, -0.2) is 25.2 Å². The zero-order chi connectivity index (χ0) is 9.97. The lowest BCUT2D eigenvalue weighted by atomic mass is 10.00. The van der Waals surface area contributed by atoms with Crippen molar-refractivity contribution in [2.45, 2.75) is 12.3 Å². The van der Waals surface area contributed by atoms with Gasteiger partial charge in [0, 0.05) is 18.0 Å². The van der Waals surface area contributed by atoms with Crippen LogP contribution >= 0.6 is 12.4 Å². The van der Waals surface area contributed by atoms with Crippen molar-refractivity contribution in [3.63, 3.8) is 0 Å². The first-order valence-electron chi connectivity index (χ1n) is 4.71. The minimum absolute atomic E-state index is 0. The summed E-state index contributed by atoms with van der Waals surface area (Å²) in [6.45, 7) is 1.85. The summed E-state index contributed by atoms with van der Waals surface area (Å²) in [6.07, 6.45) is 2.20. The second kappa shape index (κ2) is 5.28. The minimum Gasteiger partial charge on any atom is -0.481 e. The molecule has 0 amide bonds. The highest BCUT2D eigenvalue weighted by atomic mass is 35.5. The van der Waals surface area contributed by atoms with Crippen LogP contribution in [-0.2, 0) is 0 Å². The molecule has 1 aliphatic heterocycles. The average molecular weight is 233 g/mol. The van der Waals surface area contributed by atoms with E-state index in [9.17, 15) is 4.39 Å². The fourth-order valence-electron chi connectivity index (χ4n) is 1.83. The van der Waals surface area contributed by atoms with Gasteiger partial charge in [-0.3, -0.25) is 0 Å². The molecule has 0 aromatic carbocycles. The lowest BCUT2D eigenvalue weighted by Crippen LogP contribution is -2.09. The fraction of sp³-hybridized carbons (Fsp3) is 0.500. The number of pyridine rings is 1. The van der Waals surface area contributed by atoms with Crippen molar-refractivity contribution in [2.75, 3.05) is 20.2 Å². The fourth-order valence-corrected chi connectivity index (χ4v) is 1.83. The summed E-state index contributed by atoms with van der Waals surface area (Å²) in [5, 5.41) is 3.24. The third-order valence-electron chi connectivity index (χ3n) is 2.54. The summed E-state index contributed by atoms with van der Waals surface area (Å²) in [7, 11) is 1.56. The molecule has 1 fully saturated rings. The third kappa shape index (κ3) is 2.58. The Kier molecular flexibility index (Phi) is 4.29. The molecule has 1 aromatic heterocycles. The van der Waals surface area contributed by atoms with E-state index in [0.29, 0.717) is 11.8 Å². The van der Waals surface area contributed by atoms with Gasteiger partial charge in [0.2, 0.25) is 5.88 Å². The Labute approximate surface area is 94.5 Å². The third-order valence-corrected chi connectivity index (χ3v) is 2.54. The number of halogens is 2. The van der Waals surface area contributed by atoms with Crippen molar-refractivity contribution in [1.29, 1.82) is 0 Å². The van der Waals surface area contributed by atoms with Gasteiger partial charge >= 0.3 is 0 Å². The van der Waals surface area contributed by atoms with Gasteiger partial charge in [-0.2, -0.15) is 0 Å². The maximum absolute atomic E-state index is 13.0. The van der Waals surface area contributed by atoms with Crippen molar-refractivity contribution < 1.29 is 9.13 Å². The number of methoxy groups -OCH3 is 1. The van der Waals surface area contributed by atoms with Crippen LogP contribution in [0.1, 0.15) is 17.9 Å². The van der Waals surface area contributed by atoms with E-state index in [-0.39, 0.29) is 18.2 Å². The Morgan fingerprint density at radius 1 is 1.60 bits per heavy atom. The number of ether oxygens (including phenoxy) is 1. The van der Waals surface area contributed by atoms with Gasteiger partial charge in [0.25, 0.3) is 0 Å². The molecule has 0 radical (unpaired) electrons. The highest BCUT2D eigenvalue weighted by Crippen LogP contribution is 2.29. The molecule has 1 atom stereocenters.